The van der Waals surface area contributed by atoms with Gasteiger partial charge in [-0.1, -0.05) is 33.1 Å². The Morgan fingerprint density at radius 2 is 2.00 bits per heavy atom. The van der Waals surface area contributed by atoms with Crippen LogP contribution in [0.5, 0.6) is 0 Å². The van der Waals surface area contributed by atoms with E-state index < -0.39 is 5.60 Å². The predicted molar refractivity (Wildman–Crippen MR) is 80.4 cm³/mol. The molecule has 0 aromatic rings. The molecule has 0 aromatic carbocycles. The Morgan fingerprint density at radius 1 is 1.30 bits per heavy atom. The molecule has 1 unspecified atom stereocenters. The summed E-state index contributed by atoms with van der Waals surface area (Å²) in [7, 11) is 0. The molecule has 20 heavy (non-hydrogen) atoms. The zero-order valence-electron chi connectivity index (χ0n) is 13.0. The average Bonchev–Trinajstić information content (AvgIpc) is 2.46. The molecule has 1 aliphatic carbocycles. The number of carbonyl (C=O) groups is 1. The molecule has 0 bridgehead atoms. The monoisotopic (exact) mass is 282 g/mol. The first-order chi connectivity index (χ1) is 9.44. The van der Waals surface area contributed by atoms with Crippen LogP contribution in [-0.2, 0) is 4.79 Å². The average molecular weight is 282 g/mol. The van der Waals surface area contributed by atoms with Crippen LogP contribution >= 0.6 is 0 Å². The highest BCUT2D eigenvalue weighted by molar-refractivity contribution is 5.82. The Labute approximate surface area is 122 Å². The van der Waals surface area contributed by atoms with Gasteiger partial charge in [0.2, 0.25) is 5.91 Å². The molecule has 0 spiro atoms. The zero-order chi connectivity index (χ0) is 14.6. The van der Waals surface area contributed by atoms with Crippen LogP contribution in [0.1, 0.15) is 58.8 Å². The van der Waals surface area contributed by atoms with E-state index in [0.29, 0.717) is 12.5 Å². The van der Waals surface area contributed by atoms with E-state index in [4.69, 9.17) is 0 Å². The number of rotatable bonds is 4. The highest BCUT2D eigenvalue weighted by atomic mass is 16.3. The lowest BCUT2D eigenvalue weighted by Crippen LogP contribution is -2.51. The summed E-state index contributed by atoms with van der Waals surface area (Å²) in [5, 5.41) is 16.9. The second-order valence-corrected chi connectivity index (χ2v) is 7.23. The molecule has 4 nitrogen and oxygen atoms in total. The zero-order valence-corrected chi connectivity index (χ0v) is 13.0. The summed E-state index contributed by atoms with van der Waals surface area (Å²) in [5.74, 6) is 0.474. The van der Waals surface area contributed by atoms with E-state index >= 15 is 0 Å². The number of amides is 1. The summed E-state index contributed by atoms with van der Waals surface area (Å²) in [6.45, 7) is 6.46. The van der Waals surface area contributed by atoms with E-state index in [2.05, 4.69) is 10.6 Å². The summed E-state index contributed by atoms with van der Waals surface area (Å²) >= 11 is 0. The maximum Gasteiger partial charge on any atom is 0.226 e. The molecule has 2 rings (SSSR count). The largest absolute Gasteiger partial charge is 0.388 e. The molecule has 2 aliphatic rings. The molecule has 2 fully saturated rings. The molecule has 0 radical (unpaired) electrons. The minimum absolute atomic E-state index is 0.0881. The molecular formula is C16H30N2O2. The normalized spacial score (nSPS) is 27.1. The maximum atomic E-state index is 12.5. The Kier molecular flexibility index (Phi) is 5.08. The van der Waals surface area contributed by atoms with Crippen LogP contribution in [0, 0.1) is 11.3 Å². The quantitative estimate of drug-likeness (QED) is 0.737. The number of hydrogen-bond acceptors (Lipinski definition) is 3. The first kappa shape index (κ1) is 15.8. The molecule has 116 valence electrons. The highest BCUT2D eigenvalue weighted by Crippen LogP contribution is 2.33. The van der Waals surface area contributed by atoms with Gasteiger partial charge in [-0.3, -0.25) is 4.79 Å². The third-order valence-corrected chi connectivity index (χ3v) is 5.26. The van der Waals surface area contributed by atoms with Crippen molar-refractivity contribution < 1.29 is 9.90 Å². The lowest BCUT2D eigenvalue weighted by atomic mass is 9.74. The second-order valence-electron chi connectivity index (χ2n) is 7.23. The fourth-order valence-electron chi connectivity index (χ4n) is 3.51. The van der Waals surface area contributed by atoms with Gasteiger partial charge in [0, 0.05) is 12.0 Å². The molecule has 1 saturated heterocycles. The van der Waals surface area contributed by atoms with Crippen molar-refractivity contribution in [2.75, 3.05) is 19.6 Å². The molecule has 4 heteroatoms. The number of nitrogens with one attached hydrogen (secondary N) is 2. The van der Waals surface area contributed by atoms with Crippen LogP contribution in [0.4, 0.5) is 0 Å². The molecule has 1 aliphatic heterocycles. The Bertz CT molecular complexity index is 329. The summed E-state index contributed by atoms with van der Waals surface area (Å²) < 4.78 is 0. The minimum Gasteiger partial charge on any atom is -0.388 e. The standard InChI is InChI=1S/C16H30N2O2/c1-15(2,13-7-6-10-17-11-13)14(19)18-12-16(20)8-4-3-5-9-16/h13,17,20H,3-12H2,1-2H3,(H,18,19). The Balaban J connectivity index is 1.86. The van der Waals surface area contributed by atoms with Crippen LogP contribution in [0.25, 0.3) is 0 Å². The number of carbonyl (C=O) groups excluding carboxylic acids is 1. The van der Waals surface area contributed by atoms with Crippen molar-refractivity contribution in [1.29, 1.82) is 0 Å². The molecule has 0 aromatic heterocycles. The van der Waals surface area contributed by atoms with E-state index in [1.807, 2.05) is 13.8 Å². The number of piperidine rings is 1. The van der Waals surface area contributed by atoms with Gasteiger partial charge in [-0.15, -0.1) is 0 Å². The fourth-order valence-corrected chi connectivity index (χ4v) is 3.51. The number of aliphatic hydroxyl groups is 1. The smallest absolute Gasteiger partial charge is 0.226 e. The minimum atomic E-state index is -0.672. The third kappa shape index (κ3) is 3.73. The van der Waals surface area contributed by atoms with E-state index in [0.717, 1.165) is 51.6 Å². The summed E-state index contributed by atoms with van der Waals surface area (Å²) in [6.07, 6.45) is 7.24. The van der Waals surface area contributed by atoms with Crippen molar-refractivity contribution in [2.45, 2.75) is 64.4 Å². The van der Waals surface area contributed by atoms with Gasteiger partial charge in [0.15, 0.2) is 0 Å². The summed E-state index contributed by atoms with van der Waals surface area (Å²) in [4.78, 5) is 12.5. The molecule has 1 saturated carbocycles. The van der Waals surface area contributed by atoms with Crippen LogP contribution in [0.3, 0.4) is 0 Å². The van der Waals surface area contributed by atoms with Crippen LogP contribution in [0.15, 0.2) is 0 Å². The van der Waals surface area contributed by atoms with Crippen molar-refractivity contribution in [3.63, 3.8) is 0 Å². The molecule has 1 amide bonds. The van der Waals surface area contributed by atoms with Gasteiger partial charge in [-0.05, 0) is 44.7 Å². The second kappa shape index (κ2) is 6.44. The topological polar surface area (TPSA) is 61.4 Å². The van der Waals surface area contributed by atoms with Gasteiger partial charge in [-0.2, -0.15) is 0 Å². The fraction of sp³-hybridized carbons (Fsp3) is 0.938. The van der Waals surface area contributed by atoms with Crippen molar-refractivity contribution in [3.05, 3.63) is 0 Å². The highest BCUT2D eigenvalue weighted by Gasteiger charge is 2.38. The first-order valence-corrected chi connectivity index (χ1v) is 8.15. The van der Waals surface area contributed by atoms with Crippen LogP contribution in [-0.4, -0.2) is 36.2 Å². The van der Waals surface area contributed by atoms with Crippen molar-refractivity contribution in [1.82, 2.24) is 10.6 Å². The van der Waals surface area contributed by atoms with Crippen LogP contribution < -0.4 is 10.6 Å². The first-order valence-electron chi connectivity index (χ1n) is 8.15. The van der Waals surface area contributed by atoms with Gasteiger partial charge in [0.25, 0.3) is 0 Å². The van der Waals surface area contributed by atoms with Gasteiger partial charge in [0.05, 0.1) is 5.60 Å². The van der Waals surface area contributed by atoms with E-state index in [9.17, 15) is 9.90 Å². The summed E-state index contributed by atoms with van der Waals surface area (Å²) in [5.41, 5.74) is -1.03. The van der Waals surface area contributed by atoms with Gasteiger partial charge in [-0.25, -0.2) is 0 Å². The van der Waals surface area contributed by atoms with E-state index in [1.165, 1.54) is 6.42 Å². The maximum absolute atomic E-state index is 12.5. The van der Waals surface area contributed by atoms with Crippen molar-refractivity contribution in [3.8, 4) is 0 Å². The molecule has 3 N–H and O–H groups in total. The molecular weight excluding hydrogens is 252 g/mol. The SMILES string of the molecule is CC(C)(C(=O)NCC1(O)CCCCC1)C1CCCNC1. The third-order valence-electron chi connectivity index (χ3n) is 5.26. The molecule has 1 atom stereocenters. The van der Waals surface area contributed by atoms with E-state index in [-0.39, 0.29) is 11.3 Å². The van der Waals surface area contributed by atoms with Gasteiger partial charge < -0.3 is 15.7 Å². The van der Waals surface area contributed by atoms with Gasteiger partial charge in [0.1, 0.15) is 0 Å². The summed E-state index contributed by atoms with van der Waals surface area (Å²) in [6, 6.07) is 0. The van der Waals surface area contributed by atoms with Crippen LogP contribution in [0.2, 0.25) is 0 Å². The van der Waals surface area contributed by atoms with Crippen molar-refractivity contribution in [2.24, 2.45) is 11.3 Å². The predicted octanol–water partition coefficient (Wildman–Crippen LogP) is 1.82. The Morgan fingerprint density at radius 3 is 2.60 bits per heavy atom. The lowest BCUT2D eigenvalue weighted by molar-refractivity contribution is -0.134. The van der Waals surface area contributed by atoms with Crippen molar-refractivity contribution >= 4 is 5.91 Å². The Hall–Kier alpha value is -0.610. The van der Waals surface area contributed by atoms with E-state index in [1.54, 1.807) is 0 Å². The van der Waals surface area contributed by atoms with Gasteiger partial charge >= 0.3 is 0 Å². The lowest BCUT2D eigenvalue weighted by Gasteiger charge is -2.38. The molecule has 1 heterocycles. The number of hydrogen-bond donors (Lipinski definition) is 3.